The molecule has 1 heterocycles. The first-order valence-electron chi connectivity index (χ1n) is 6.83. The minimum absolute atomic E-state index is 0.0317. The largest absolute Gasteiger partial charge is 0.323 e. The Balaban J connectivity index is 1.93. The summed E-state index contributed by atoms with van der Waals surface area (Å²) in [7, 11) is 0. The van der Waals surface area contributed by atoms with Crippen LogP contribution in [0.2, 0.25) is 0 Å². The van der Waals surface area contributed by atoms with Crippen LogP contribution in [0.25, 0.3) is 10.8 Å². The molecular formula is C16H17N3S. The molecule has 1 aromatic heterocycles. The van der Waals surface area contributed by atoms with Crippen LogP contribution in [-0.2, 0) is 12.8 Å². The van der Waals surface area contributed by atoms with Gasteiger partial charge in [-0.25, -0.2) is 0 Å². The maximum absolute atomic E-state index is 6.37. The molecule has 1 atom stereocenters. The predicted octanol–water partition coefficient (Wildman–Crippen LogP) is 3.50. The van der Waals surface area contributed by atoms with Crippen LogP contribution in [0.3, 0.4) is 0 Å². The van der Waals surface area contributed by atoms with Gasteiger partial charge in [-0.2, -0.15) is 0 Å². The third kappa shape index (κ3) is 2.44. The lowest BCUT2D eigenvalue weighted by molar-refractivity contribution is 0.725. The molecule has 0 aliphatic carbocycles. The zero-order valence-corrected chi connectivity index (χ0v) is 12.2. The normalized spacial score (nSPS) is 12.7. The maximum Gasteiger partial charge on any atom is 0.0801 e. The number of aromatic nitrogens is 2. The molecule has 3 nitrogen and oxygen atoms in total. The van der Waals surface area contributed by atoms with Crippen molar-refractivity contribution in [2.24, 2.45) is 5.73 Å². The van der Waals surface area contributed by atoms with Crippen molar-refractivity contribution in [1.82, 2.24) is 9.59 Å². The monoisotopic (exact) mass is 283 g/mol. The molecule has 2 aromatic carbocycles. The van der Waals surface area contributed by atoms with Crippen molar-refractivity contribution >= 4 is 22.3 Å². The van der Waals surface area contributed by atoms with E-state index in [9.17, 15) is 0 Å². The van der Waals surface area contributed by atoms with Gasteiger partial charge in [-0.15, -0.1) is 5.10 Å². The molecule has 3 aromatic rings. The quantitative estimate of drug-likeness (QED) is 0.797. The van der Waals surface area contributed by atoms with Crippen molar-refractivity contribution in [3.63, 3.8) is 0 Å². The molecule has 0 aliphatic heterocycles. The van der Waals surface area contributed by atoms with Crippen molar-refractivity contribution in [3.05, 3.63) is 58.6 Å². The van der Waals surface area contributed by atoms with E-state index < -0.39 is 0 Å². The topological polar surface area (TPSA) is 51.8 Å². The van der Waals surface area contributed by atoms with E-state index in [4.69, 9.17) is 5.73 Å². The Morgan fingerprint density at radius 3 is 2.80 bits per heavy atom. The molecule has 2 N–H and O–H groups in total. The average Bonchev–Trinajstić information content (AvgIpc) is 2.96. The fourth-order valence-corrected chi connectivity index (χ4v) is 3.28. The highest BCUT2D eigenvalue weighted by Crippen LogP contribution is 2.26. The molecule has 0 spiro atoms. The highest BCUT2D eigenvalue weighted by atomic mass is 32.1. The second-order valence-electron chi connectivity index (χ2n) is 4.89. The van der Waals surface area contributed by atoms with Crippen molar-refractivity contribution in [2.75, 3.05) is 0 Å². The fraction of sp³-hybridized carbons (Fsp3) is 0.250. The summed E-state index contributed by atoms with van der Waals surface area (Å²) < 4.78 is 4.03. The molecule has 0 amide bonds. The summed E-state index contributed by atoms with van der Waals surface area (Å²) in [6.45, 7) is 2.09. The summed E-state index contributed by atoms with van der Waals surface area (Å²) in [5, 5.41) is 6.69. The van der Waals surface area contributed by atoms with E-state index in [1.807, 2.05) is 0 Å². The van der Waals surface area contributed by atoms with Gasteiger partial charge in [0.2, 0.25) is 0 Å². The van der Waals surface area contributed by atoms with E-state index >= 15 is 0 Å². The number of benzene rings is 2. The maximum atomic E-state index is 6.37. The summed E-state index contributed by atoms with van der Waals surface area (Å²) in [6.07, 6.45) is 1.70. The molecule has 1 unspecified atom stereocenters. The molecule has 0 radical (unpaired) electrons. The van der Waals surface area contributed by atoms with Gasteiger partial charge in [-0.05, 0) is 40.7 Å². The fourth-order valence-electron chi connectivity index (χ4n) is 2.54. The molecule has 0 fully saturated rings. The van der Waals surface area contributed by atoms with Gasteiger partial charge in [-0.1, -0.05) is 53.9 Å². The highest BCUT2D eigenvalue weighted by Gasteiger charge is 2.16. The number of fused-ring (bicyclic) bond motifs is 1. The van der Waals surface area contributed by atoms with Gasteiger partial charge < -0.3 is 5.73 Å². The second-order valence-corrected chi connectivity index (χ2v) is 5.67. The Kier molecular flexibility index (Phi) is 3.76. The average molecular weight is 283 g/mol. The highest BCUT2D eigenvalue weighted by molar-refractivity contribution is 7.05. The van der Waals surface area contributed by atoms with Crippen molar-refractivity contribution in [1.29, 1.82) is 0 Å². The number of nitrogens with two attached hydrogens (primary N) is 1. The molecule has 0 aliphatic rings. The molecule has 3 rings (SSSR count). The molecule has 20 heavy (non-hydrogen) atoms. The Labute approximate surface area is 122 Å². The molecule has 0 saturated carbocycles. The smallest absolute Gasteiger partial charge is 0.0801 e. The first-order valence-corrected chi connectivity index (χ1v) is 7.60. The van der Waals surface area contributed by atoms with Crippen LogP contribution in [0.1, 0.15) is 29.1 Å². The van der Waals surface area contributed by atoms with Crippen LogP contribution in [0, 0.1) is 0 Å². The zero-order valence-electron chi connectivity index (χ0n) is 11.4. The summed E-state index contributed by atoms with van der Waals surface area (Å²) in [6, 6.07) is 14.8. The van der Waals surface area contributed by atoms with E-state index in [0.717, 1.165) is 23.4 Å². The van der Waals surface area contributed by atoms with E-state index in [0.29, 0.717) is 0 Å². The first-order chi connectivity index (χ1) is 9.79. The number of nitrogens with zero attached hydrogens (tertiary/aromatic N) is 2. The lowest BCUT2D eigenvalue weighted by Gasteiger charge is -2.12. The van der Waals surface area contributed by atoms with Crippen LogP contribution < -0.4 is 5.73 Å². The summed E-state index contributed by atoms with van der Waals surface area (Å²) >= 11 is 1.42. The number of hydrogen-bond acceptors (Lipinski definition) is 4. The summed E-state index contributed by atoms with van der Waals surface area (Å²) in [4.78, 5) is 1.11. The van der Waals surface area contributed by atoms with Gasteiger partial charge in [0, 0.05) is 6.04 Å². The minimum Gasteiger partial charge on any atom is -0.323 e. The number of hydrogen-bond donors (Lipinski definition) is 1. The number of aryl methyl sites for hydroxylation is 1. The van der Waals surface area contributed by atoms with Gasteiger partial charge in [-0.3, -0.25) is 0 Å². The summed E-state index contributed by atoms with van der Waals surface area (Å²) in [5.74, 6) is 0. The lowest BCUT2D eigenvalue weighted by Crippen LogP contribution is -2.14. The molecule has 0 bridgehead atoms. The second kappa shape index (κ2) is 5.69. The van der Waals surface area contributed by atoms with Gasteiger partial charge >= 0.3 is 0 Å². The molecular weight excluding hydrogens is 266 g/mol. The van der Waals surface area contributed by atoms with Gasteiger partial charge in [0.15, 0.2) is 0 Å². The van der Waals surface area contributed by atoms with E-state index in [1.165, 1.54) is 27.9 Å². The lowest BCUT2D eigenvalue weighted by atomic mass is 9.98. The molecule has 102 valence electrons. The van der Waals surface area contributed by atoms with E-state index in [1.54, 1.807) is 0 Å². The molecule has 4 heteroatoms. The third-order valence-electron chi connectivity index (χ3n) is 3.58. The standard InChI is InChI=1S/C16H17N3S/c1-2-15-16(20-19-18-15)14(17)10-12-8-5-7-11-6-3-4-9-13(11)12/h3-9,14H,2,10,17H2,1H3. The van der Waals surface area contributed by atoms with Crippen LogP contribution in [0.4, 0.5) is 0 Å². The van der Waals surface area contributed by atoms with Crippen molar-refractivity contribution < 1.29 is 0 Å². The first kappa shape index (κ1) is 13.2. The Morgan fingerprint density at radius 2 is 1.95 bits per heavy atom. The van der Waals surface area contributed by atoms with E-state index in [-0.39, 0.29) is 6.04 Å². The van der Waals surface area contributed by atoms with E-state index in [2.05, 4.69) is 59.0 Å². The summed E-state index contributed by atoms with van der Waals surface area (Å²) in [5.41, 5.74) is 8.68. The van der Waals surface area contributed by atoms with Crippen molar-refractivity contribution in [2.45, 2.75) is 25.8 Å². The van der Waals surface area contributed by atoms with Crippen LogP contribution >= 0.6 is 11.5 Å². The van der Waals surface area contributed by atoms with Crippen LogP contribution in [0.15, 0.2) is 42.5 Å². The van der Waals surface area contributed by atoms with Crippen LogP contribution in [-0.4, -0.2) is 9.59 Å². The minimum atomic E-state index is -0.0317. The van der Waals surface area contributed by atoms with Gasteiger partial charge in [0.1, 0.15) is 0 Å². The Hall–Kier alpha value is -1.78. The molecule has 0 saturated heterocycles. The Bertz CT molecular complexity index is 715. The van der Waals surface area contributed by atoms with Crippen LogP contribution in [0.5, 0.6) is 0 Å². The zero-order chi connectivity index (χ0) is 13.9. The SMILES string of the molecule is CCc1nnsc1C(N)Cc1cccc2ccccc12. The third-order valence-corrected chi connectivity index (χ3v) is 4.47. The van der Waals surface area contributed by atoms with Gasteiger partial charge in [0.05, 0.1) is 10.6 Å². The van der Waals surface area contributed by atoms with Gasteiger partial charge in [0.25, 0.3) is 0 Å². The Morgan fingerprint density at radius 1 is 1.15 bits per heavy atom. The predicted molar refractivity (Wildman–Crippen MR) is 83.9 cm³/mol. The number of rotatable bonds is 4. The van der Waals surface area contributed by atoms with Crippen molar-refractivity contribution in [3.8, 4) is 0 Å².